The van der Waals surface area contributed by atoms with Crippen LogP contribution in [0.3, 0.4) is 0 Å². The molecule has 1 aromatic heterocycles. The van der Waals surface area contributed by atoms with Crippen molar-refractivity contribution in [1.82, 2.24) is 9.97 Å². The highest BCUT2D eigenvalue weighted by atomic mass is 19.4. The topological polar surface area (TPSA) is 75.5 Å². The summed E-state index contributed by atoms with van der Waals surface area (Å²) in [5.74, 6) is -2.02. The maximum absolute atomic E-state index is 15.4. The monoisotopic (exact) mass is 481 g/mol. The molecule has 34 heavy (non-hydrogen) atoms. The highest BCUT2D eigenvalue weighted by Gasteiger charge is 2.34. The summed E-state index contributed by atoms with van der Waals surface area (Å²) >= 11 is 0. The lowest BCUT2D eigenvalue weighted by Crippen LogP contribution is -2.30. The number of alkyl halides is 3. The van der Waals surface area contributed by atoms with Gasteiger partial charge in [-0.05, 0) is 62.1 Å². The van der Waals surface area contributed by atoms with Gasteiger partial charge in [-0.2, -0.15) is 13.2 Å². The van der Waals surface area contributed by atoms with E-state index in [-0.39, 0.29) is 42.9 Å². The lowest BCUT2D eigenvalue weighted by atomic mass is 9.83. The number of aliphatic carboxylic acids is 1. The zero-order valence-electron chi connectivity index (χ0n) is 18.6. The van der Waals surface area contributed by atoms with E-state index in [0.29, 0.717) is 31.6 Å². The average molecular weight is 481 g/mol. The Bertz CT molecular complexity index is 990. The van der Waals surface area contributed by atoms with Crippen LogP contribution in [-0.4, -0.2) is 40.3 Å². The van der Waals surface area contributed by atoms with E-state index in [0.717, 1.165) is 25.0 Å². The highest BCUT2D eigenvalue weighted by molar-refractivity contribution is 5.70. The van der Waals surface area contributed by atoms with Gasteiger partial charge in [0.2, 0.25) is 0 Å². The number of aromatic nitrogens is 2. The van der Waals surface area contributed by atoms with Gasteiger partial charge in [0.1, 0.15) is 6.33 Å². The first-order chi connectivity index (χ1) is 16.2. The third-order valence-corrected chi connectivity index (χ3v) is 6.58. The molecule has 6 nitrogen and oxygen atoms in total. The predicted octanol–water partition coefficient (Wildman–Crippen LogP) is 4.86. The quantitative estimate of drug-likeness (QED) is 0.516. The fourth-order valence-corrected chi connectivity index (χ4v) is 4.50. The molecule has 1 saturated carbocycles. The summed E-state index contributed by atoms with van der Waals surface area (Å²) in [5.41, 5.74) is 0.0357. The van der Waals surface area contributed by atoms with E-state index in [9.17, 15) is 23.1 Å². The number of carboxylic acid groups (broad SMARTS) is 1. The highest BCUT2D eigenvalue weighted by Crippen LogP contribution is 2.35. The van der Waals surface area contributed by atoms with Gasteiger partial charge in [-0.25, -0.2) is 14.4 Å². The Balaban J connectivity index is 1.49. The Hall–Kier alpha value is -2.75. The molecule has 184 valence electrons. The van der Waals surface area contributed by atoms with Crippen molar-refractivity contribution in [1.29, 1.82) is 0 Å². The summed E-state index contributed by atoms with van der Waals surface area (Å²) in [6, 6.07) is 4.87. The molecule has 1 N–H and O–H groups in total. The van der Waals surface area contributed by atoms with E-state index in [1.54, 1.807) is 4.90 Å². The smallest absolute Gasteiger partial charge is 0.416 e. The van der Waals surface area contributed by atoms with E-state index in [4.69, 9.17) is 4.74 Å². The zero-order valence-corrected chi connectivity index (χ0v) is 18.6. The second-order valence-corrected chi connectivity index (χ2v) is 8.94. The van der Waals surface area contributed by atoms with E-state index in [2.05, 4.69) is 9.97 Å². The Kier molecular flexibility index (Phi) is 7.35. The second-order valence-electron chi connectivity index (χ2n) is 8.94. The second kappa shape index (κ2) is 10.2. The van der Waals surface area contributed by atoms with Crippen LogP contribution in [-0.2, 0) is 28.7 Å². The van der Waals surface area contributed by atoms with Crippen molar-refractivity contribution < 1.29 is 32.2 Å². The summed E-state index contributed by atoms with van der Waals surface area (Å²) in [7, 11) is 0. The van der Waals surface area contributed by atoms with Crippen molar-refractivity contribution in [3.8, 4) is 0 Å². The van der Waals surface area contributed by atoms with Crippen LogP contribution in [0.25, 0.3) is 0 Å². The van der Waals surface area contributed by atoms with Gasteiger partial charge < -0.3 is 14.7 Å². The van der Waals surface area contributed by atoms with Crippen LogP contribution >= 0.6 is 0 Å². The number of hydrogen-bond donors (Lipinski definition) is 1. The molecule has 2 fully saturated rings. The number of carbonyl (C=O) groups is 1. The van der Waals surface area contributed by atoms with Crippen molar-refractivity contribution in [2.24, 2.45) is 11.8 Å². The Morgan fingerprint density at radius 1 is 1.12 bits per heavy atom. The number of ether oxygens (including phenoxy) is 1. The van der Waals surface area contributed by atoms with E-state index < -0.39 is 29.4 Å². The van der Waals surface area contributed by atoms with E-state index in [1.807, 2.05) is 0 Å². The number of aryl methyl sites for hydroxylation is 1. The van der Waals surface area contributed by atoms with Gasteiger partial charge in [0, 0.05) is 25.8 Å². The maximum atomic E-state index is 15.4. The maximum Gasteiger partial charge on any atom is 0.416 e. The van der Waals surface area contributed by atoms with Crippen molar-refractivity contribution >= 4 is 11.8 Å². The Morgan fingerprint density at radius 3 is 2.38 bits per heavy atom. The van der Waals surface area contributed by atoms with Crippen LogP contribution in [0.2, 0.25) is 0 Å². The molecule has 1 aliphatic carbocycles. The molecule has 0 radical (unpaired) electrons. The van der Waals surface area contributed by atoms with Gasteiger partial charge in [0.25, 0.3) is 0 Å². The van der Waals surface area contributed by atoms with Crippen molar-refractivity contribution in [3.05, 3.63) is 53.2 Å². The molecule has 1 aliphatic heterocycles. The fraction of sp³-hybridized carbons (Fsp3) is 0.542. The number of benzene rings is 1. The molecular formula is C24H27F4N3O3. The third-order valence-electron chi connectivity index (χ3n) is 6.58. The average Bonchev–Trinajstić information content (AvgIpc) is 3.64. The van der Waals surface area contributed by atoms with E-state index in [1.165, 1.54) is 18.5 Å². The lowest BCUT2D eigenvalue weighted by Gasteiger charge is -2.28. The lowest BCUT2D eigenvalue weighted by molar-refractivity contribution is -0.145. The number of hydrogen-bond acceptors (Lipinski definition) is 5. The SMILES string of the molecule is O=C(O)C(CCc1ncnc(N(Cc2ccc(C(F)(F)F)cc2)C2CC2)c1F)C1CCOCC1. The molecule has 1 saturated heterocycles. The number of carboxylic acids is 1. The summed E-state index contributed by atoms with van der Waals surface area (Å²) in [6.45, 7) is 1.28. The standard InChI is InChI=1S/C24H27F4N3O3/c25-21-20(8-7-19(23(32)33)16-9-11-34-12-10-16)29-14-30-22(21)31(18-5-6-18)13-15-1-3-17(4-2-15)24(26,27)28/h1-4,14,16,18-19H,5-13H2,(H,32,33). The Morgan fingerprint density at radius 2 is 1.79 bits per heavy atom. The number of anilines is 1. The molecule has 2 aromatic rings. The van der Waals surface area contributed by atoms with Gasteiger partial charge in [-0.3, -0.25) is 4.79 Å². The fourth-order valence-electron chi connectivity index (χ4n) is 4.50. The normalized spacial score (nSPS) is 18.0. The number of nitrogens with zero attached hydrogens (tertiary/aromatic N) is 3. The van der Waals surface area contributed by atoms with Crippen LogP contribution in [0.1, 0.15) is 48.9 Å². The van der Waals surface area contributed by atoms with Crippen molar-refractivity contribution in [3.63, 3.8) is 0 Å². The summed E-state index contributed by atoms with van der Waals surface area (Å²) in [4.78, 5) is 21.8. The molecule has 2 aliphatic rings. The summed E-state index contributed by atoms with van der Waals surface area (Å²) in [6.07, 6.45) is 0.272. The molecule has 1 unspecified atom stereocenters. The van der Waals surface area contributed by atoms with Crippen LogP contribution < -0.4 is 4.90 Å². The number of halogens is 4. The number of rotatable bonds is 9. The first kappa shape index (κ1) is 24.4. The van der Waals surface area contributed by atoms with Crippen LogP contribution in [0.4, 0.5) is 23.4 Å². The largest absolute Gasteiger partial charge is 0.481 e. The zero-order chi connectivity index (χ0) is 24.3. The predicted molar refractivity (Wildman–Crippen MR) is 116 cm³/mol. The molecule has 2 heterocycles. The molecule has 10 heteroatoms. The molecule has 1 aromatic carbocycles. The van der Waals surface area contributed by atoms with Crippen molar-refractivity contribution in [2.45, 2.75) is 57.3 Å². The van der Waals surface area contributed by atoms with Gasteiger partial charge >= 0.3 is 12.1 Å². The van der Waals surface area contributed by atoms with Gasteiger partial charge in [0.05, 0.1) is 17.2 Å². The van der Waals surface area contributed by atoms with Gasteiger partial charge in [0.15, 0.2) is 11.6 Å². The minimum atomic E-state index is -4.42. The van der Waals surface area contributed by atoms with Crippen LogP contribution in [0.5, 0.6) is 0 Å². The third kappa shape index (κ3) is 5.84. The minimum absolute atomic E-state index is 0.0155. The summed E-state index contributed by atoms with van der Waals surface area (Å²) in [5, 5.41) is 9.68. The van der Waals surface area contributed by atoms with Crippen LogP contribution in [0, 0.1) is 17.7 Å². The van der Waals surface area contributed by atoms with Crippen LogP contribution in [0.15, 0.2) is 30.6 Å². The molecule has 4 rings (SSSR count). The van der Waals surface area contributed by atoms with Crippen molar-refractivity contribution in [2.75, 3.05) is 18.1 Å². The molecule has 0 amide bonds. The molecular weight excluding hydrogens is 454 g/mol. The van der Waals surface area contributed by atoms with Gasteiger partial charge in [-0.1, -0.05) is 12.1 Å². The summed E-state index contributed by atoms with van der Waals surface area (Å²) < 4.78 is 59.3. The Labute approximate surface area is 195 Å². The first-order valence-corrected chi connectivity index (χ1v) is 11.5. The molecule has 0 bridgehead atoms. The first-order valence-electron chi connectivity index (χ1n) is 11.5. The van der Waals surface area contributed by atoms with Gasteiger partial charge in [-0.15, -0.1) is 0 Å². The minimum Gasteiger partial charge on any atom is -0.481 e. The van der Waals surface area contributed by atoms with E-state index >= 15 is 4.39 Å². The molecule has 1 atom stereocenters. The molecule has 0 spiro atoms.